The van der Waals surface area contributed by atoms with Crippen molar-refractivity contribution in [3.63, 3.8) is 0 Å². The quantitative estimate of drug-likeness (QED) is 0.299. The van der Waals surface area contributed by atoms with Crippen LogP contribution in [0.4, 0.5) is 0 Å². The van der Waals surface area contributed by atoms with Crippen molar-refractivity contribution in [1.82, 2.24) is 0 Å². The standard InChI is InChI=1S/5CO.BrH.Re/c5*1-2;;/h;;;;;1H;/p-1. The fourth-order valence-corrected chi connectivity index (χ4v) is 0. The smallest absolute Gasteiger partial charge is 0 e. The first-order valence-electron chi connectivity index (χ1n) is 1.02. The van der Waals surface area contributed by atoms with Gasteiger partial charge in [0.2, 0.25) is 0 Å². The van der Waals surface area contributed by atoms with Crippen LogP contribution in [-0.2, 0) is 43.7 Å². The first-order chi connectivity index (χ1) is 5.00. The summed E-state index contributed by atoms with van der Waals surface area (Å²) in [6.07, 6.45) is 0. The van der Waals surface area contributed by atoms with E-state index >= 15 is 0 Å². The fraction of sp³-hybridized carbons (Fsp3) is 0. The topological polar surface area (TPSA) is 99.5 Å². The number of hydrogen-bond acceptors (Lipinski definition) is 0. The minimum absolute atomic E-state index is 0. The van der Waals surface area contributed by atoms with Crippen LogP contribution in [0.2, 0.25) is 0 Å². The molecule has 7 heteroatoms. The predicted octanol–water partition coefficient (Wildman–Crippen LogP) is -3.19. The maximum absolute atomic E-state index is 7.50. The van der Waals surface area contributed by atoms with Crippen molar-refractivity contribution in [2.24, 2.45) is 0 Å². The fourth-order valence-electron chi connectivity index (χ4n) is 0. The molecule has 65 valence electrons. The van der Waals surface area contributed by atoms with Crippen molar-refractivity contribution in [1.29, 1.82) is 0 Å². The number of halogens is 1. The molecule has 0 aliphatic rings. The number of rotatable bonds is 0. The van der Waals surface area contributed by atoms with Gasteiger partial charge in [-0.15, -0.1) is 0 Å². The van der Waals surface area contributed by atoms with Gasteiger partial charge in [-0.3, -0.25) is 0 Å². The molecule has 0 saturated heterocycles. The third-order valence-electron chi connectivity index (χ3n) is 0. The van der Waals surface area contributed by atoms with Crippen LogP contribution < -0.4 is 17.0 Å². The molecule has 5 nitrogen and oxygen atoms in total. The second kappa shape index (κ2) is 42300. The zero-order chi connectivity index (χ0) is 10.0. The summed E-state index contributed by atoms with van der Waals surface area (Å²) < 4.78 is 37.5. The minimum atomic E-state index is 0. The van der Waals surface area contributed by atoms with Crippen LogP contribution >= 0.6 is 0 Å². The summed E-state index contributed by atoms with van der Waals surface area (Å²) in [6.45, 7) is 22.5. The van der Waals surface area contributed by atoms with E-state index in [2.05, 4.69) is 33.3 Å². The van der Waals surface area contributed by atoms with E-state index in [9.17, 15) is 0 Å². The second-order valence-corrected chi connectivity index (χ2v) is 0. The molecule has 1 radical (unpaired) electrons. The maximum atomic E-state index is 7.50. The van der Waals surface area contributed by atoms with Crippen molar-refractivity contribution in [2.75, 3.05) is 0 Å². The Morgan fingerprint density at radius 1 is 0.417 bits per heavy atom. The van der Waals surface area contributed by atoms with Gasteiger partial charge >= 0.3 is 56.5 Å². The summed E-state index contributed by atoms with van der Waals surface area (Å²) in [5.74, 6) is 0. The van der Waals surface area contributed by atoms with Gasteiger partial charge in [0.15, 0.2) is 0 Å². The Kier molecular flexibility index (Phi) is 209000. The van der Waals surface area contributed by atoms with Crippen LogP contribution in [0.5, 0.6) is 0 Å². The van der Waals surface area contributed by atoms with Crippen LogP contribution in [0.15, 0.2) is 0 Å². The van der Waals surface area contributed by atoms with Crippen molar-refractivity contribution in [2.45, 2.75) is 0 Å². The van der Waals surface area contributed by atoms with Crippen LogP contribution in [0.3, 0.4) is 0 Å². The van der Waals surface area contributed by atoms with Crippen LogP contribution in [0.25, 0.3) is 0 Å². The molecule has 0 unspecified atom stereocenters. The average molecular weight is 406 g/mol. The maximum Gasteiger partial charge on any atom is 0 e. The van der Waals surface area contributed by atoms with Gasteiger partial charge in [0.25, 0.3) is 0 Å². The van der Waals surface area contributed by atoms with E-state index in [1.165, 1.54) is 0 Å². The molecular weight excluding hydrogens is 406 g/mol. The van der Waals surface area contributed by atoms with E-state index < -0.39 is 0 Å². The zero-order valence-electron chi connectivity index (χ0n) is 5.30. The summed E-state index contributed by atoms with van der Waals surface area (Å²) in [5.41, 5.74) is 0. The third kappa shape index (κ3) is 31000. The summed E-state index contributed by atoms with van der Waals surface area (Å²) in [6, 6.07) is 0. The molecule has 0 amide bonds. The molecule has 0 aromatic carbocycles. The molecule has 0 saturated carbocycles. The Hall–Kier alpha value is -0.158. The molecular formula is C5BrO5Re-. The molecule has 0 aliphatic carbocycles. The van der Waals surface area contributed by atoms with E-state index in [1.807, 2.05) is 0 Å². The molecule has 0 fully saturated rings. The normalized spacial score (nSPS) is 0.833. The Balaban J connectivity index is -0.00000000500. The first kappa shape index (κ1) is 59.4. The van der Waals surface area contributed by atoms with Crippen LogP contribution in [0, 0.1) is 33.3 Å². The Morgan fingerprint density at radius 3 is 0.417 bits per heavy atom. The zero-order valence-corrected chi connectivity index (χ0v) is 9.60. The molecule has 0 aromatic rings. The molecule has 0 rings (SSSR count). The molecule has 0 aliphatic heterocycles. The van der Waals surface area contributed by atoms with Gasteiger partial charge in [0.05, 0.1) is 0 Å². The van der Waals surface area contributed by atoms with Gasteiger partial charge in [-0.1, -0.05) is 0 Å². The van der Waals surface area contributed by atoms with Gasteiger partial charge in [-0.05, 0) is 0 Å². The summed E-state index contributed by atoms with van der Waals surface area (Å²) in [5, 5.41) is 0. The van der Waals surface area contributed by atoms with Crippen LogP contribution in [0.1, 0.15) is 0 Å². The Morgan fingerprint density at radius 2 is 0.417 bits per heavy atom. The summed E-state index contributed by atoms with van der Waals surface area (Å²) >= 11 is 0. The third-order valence-corrected chi connectivity index (χ3v) is 0. The summed E-state index contributed by atoms with van der Waals surface area (Å²) in [4.78, 5) is 0. The Labute approximate surface area is 93.9 Å². The summed E-state index contributed by atoms with van der Waals surface area (Å²) in [7, 11) is 0. The van der Waals surface area contributed by atoms with Crippen molar-refractivity contribution in [3.8, 4) is 0 Å². The van der Waals surface area contributed by atoms with Gasteiger partial charge in [-0.25, -0.2) is 0 Å². The monoisotopic (exact) mass is 406 g/mol. The minimum Gasteiger partial charge on any atom is 0 e. The second-order valence-electron chi connectivity index (χ2n) is 0. The largest absolute Gasteiger partial charge is 0 e. The van der Waals surface area contributed by atoms with Crippen molar-refractivity contribution < 1.29 is 60.7 Å². The molecule has 0 N–H and O–H groups in total. The SMILES string of the molecule is [Br-].[C-]#[O+].[C-]#[O+].[C-]#[O+].[C-]#[O+].[C-]#[O+].[Re]. The predicted molar refractivity (Wildman–Crippen MR) is 19.6 cm³/mol. The Bertz CT molecular complexity index is 78.4. The van der Waals surface area contributed by atoms with E-state index in [0.717, 1.165) is 0 Å². The molecule has 0 aromatic heterocycles. The van der Waals surface area contributed by atoms with E-state index in [-0.39, 0.29) is 37.4 Å². The van der Waals surface area contributed by atoms with Gasteiger partial charge in [0.1, 0.15) is 0 Å². The molecule has 0 heterocycles. The first-order valence-corrected chi connectivity index (χ1v) is 1.02. The van der Waals surface area contributed by atoms with E-state index in [4.69, 9.17) is 23.3 Å². The van der Waals surface area contributed by atoms with Crippen LogP contribution in [-0.4, -0.2) is 0 Å². The average Bonchev–Trinajstić information content (AvgIpc) is 2.20. The van der Waals surface area contributed by atoms with E-state index in [1.54, 1.807) is 0 Å². The van der Waals surface area contributed by atoms with Crippen molar-refractivity contribution in [3.05, 3.63) is 33.3 Å². The number of hydrogen-bond donors (Lipinski definition) is 0. The molecule has 0 spiro atoms. The van der Waals surface area contributed by atoms with Gasteiger partial charge < -0.3 is 17.0 Å². The molecule has 0 atom stereocenters. The van der Waals surface area contributed by atoms with Crippen molar-refractivity contribution >= 4 is 0 Å². The molecule has 12 heavy (non-hydrogen) atoms. The van der Waals surface area contributed by atoms with Gasteiger partial charge in [0, 0.05) is 20.4 Å². The van der Waals surface area contributed by atoms with Gasteiger partial charge in [-0.2, -0.15) is 0 Å². The molecule has 0 bridgehead atoms. The van der Waals surface area contributed by atoms with E-state index in [0.29, 0.717) is 0 Å².